The Bertz CT molecular complexity index is 306. The van der Waals surface area contributed by atoms with E-state index in [1.54, 1.807) is 0 Å². The molecule has 2 fully saturated rings. The molecule has 2 saturated heterocycles. The van der Waals surface area contributed by atoms with Gasteiger partial charge in [0.15, 0.2) is 0 Å². The van der Waals surface area contributed by atoms with Crippen LogP contribution < -0.4 is 5.32 Å². The molecule has 2 heterocycles. The molecule has 2 aliphatic rings. The molecule has 4 nitrogen and oxygen atoms in total. The van der Waals surface area contributed by atoms with Crippen molar-refractivity contribution in [3.63, 3.8) is 0 Å². The maximum atomic E-state index is 12.1. The molecular formula is C16H28N2O2. The van der Waals surface area contributed by atoms with E-state index >= 15 is 0 Å². The number of rotatable bonds is 6. The number of piperidine rings is 1. The van der Waals surface area contributed by atoms with Gasteiger partial charge in [-0.2, -0.15) is 0 Å². The van der Waals surface area contributed by atoms with Crippen molar-refractivity contribution in [3.8, 4) is 0 Å². The minimum absolute atomic E-state index is 0.237. The number of hydrogen-bond acceptors (Lipinski definition) is 3. The summed E-state index contributed by atoms with van der Waals surface area (Å²) in [6.07, 6.45) is 7.98. The largest absolute Gasteiger partial charge is 0.381 e. The van der Waals surface area contributed by atoms with Crippen LogP contribution in [0.3, 0.4) is 0 Å². The Morgan fingerprint density at radius 3 is 2.60 bits per heavy atom. The summed E-state index contributed by atoms with van der Waals surface area (Å²) < 4.78 is 5.31. The van der Waals surface area contributed by atoms with E-state index in [9.17, 15) is 4.79 Å². The normalized spacial score (nSPS) is 22.6. The Kier molecular flexibility index (Phi) is 6.54. The van der Waals surface area contributed by atoms with Crippen LogP contribution in [0.4, 0.5) is 0 Å². The van der Waals surface area contributed by atoms with E-state index in [1.807, 2.05) is 6.08 Å². The fraction of sp³-hybridized carbons (Fsp3) is 0.812. The minimum atomic E-state index is 0.237. The van der Waals surface area contributed by atoms with E-state index in [-0.39, 0.29) is 5.91 Å². The molecule has 20 heavy (non-hydrogen) atoms. The Hall–Kier alpha value is -0.870. The van der Waals surface area contributed by atoms with Crippen LogP contribution in [0.5, 0.6) is 0 Å². The van der Waals surface area contributed by atoms with E-state index in [4.69, 9.17) is 4.74 Å². The lowest BCUT2D eigenvalue weighted by Gasteiger charge is -2.32. The predicted molar refractivity (Wildman–Crippen MR) is 80.6 cm³/mol. The standard InChI is InChI=1S/C16H28N2O2/c1-2-3-8-18-9-4-14(5-10-18)13-16(19)17-15-6-11-20-12-7-15/h2,14-15H,1,3-13H2,(H,17,19). The molecule has 0 bridgehead atoms. The molecule has 2 rings (SSSR count). The van der Waals surface area contributed by atoms with Crippen LogP contribution >= 0.6 is 0 Å². The number of carbonyl (C=O) groups is 1. The van der Waals surface area contributed by atoms with Gasteiger partial charge in [-0.25, -0.2) is 0 Å². The zero-order valence-electron chi connectivity index (χ0n) is 12.5. The molecule has 0 saturated carbocycles. The first-order valence-corrected chi connectivity index (χ1v) is 7.98. The van der Waals surface area contributed by atoms with Gasteiger partial charge in [-0.3, -0.25) is 4.79 Å². The van der Waals surface area contributed by atoms with Crippen molar-refractivity contribution in [3.05, 3.63) is 12.7 Å². The number of ether oxygens (including phenoxy) is 1. The van der Waals surface area contributed by atoms with Gasteiger partial charge in [0, 0.05) is 32.2 Å². The molecule has 1 N–H and O–H groups in total. The summed E-state index contributed by atoms with van der Waals surface area (Å²) >= 11 is 0. The fourth-order valence-corrected chi connectivity index (χ4v) is 3.08. The van der Waals surface area contributed by atoms with E-state index < -0.39 is 0 Å². The molecule has 1 amide bonds. The molecule has 0 aromatic carbocycles. The second-order valence-corrected chi connectivity index (χ2v) is 6.02. The monoisotopic (exact) mass is 280 g/mol. The van der Waals surface area contributed by atoms with Crippen LogP contribution in [0, 0.1) is 5.92 Å². The zero-order chi connectivity index (χ0) is 14.2. The fourth-order valence-electron chi connectivity index (χ4n) is 3.08. The van der Waals surface area contributed by atoms with E-state index in [1.165, 1.54) is 0 Å². The Balaban J connectivity index is 1.61. The maximum Gasteiger partial charge on any atom is 0.220 e. The number of amides is 1. The highest BCUT2D eigenvalue weighted by atomic mass is 16.5. The Morgan fingerprint density at radius 2 is 1.95 bits per heavy atom. The predicted octanol–water partition coefficient (Wildman–Crippen LogP) is 1.96. The van der Waals surface area contributed by atoms with Crippen molar-refractivity contribution in [1.82, 2.24) is 10.2 Å². The van der Waals surface area contributed by atoms with Gasteiger partial charge in [-0.15, -0.1) is 6.58 Å². The maximum absolute atomic E-state index is 12.1. The van der Waals surface area contributed by atoms with Crippen LogP contribution in [0.15, 0.2) is 12.7 Å². The average Bonchev–Trinajstić information content (AvgIpc) is 2.47. The Morgan fingerprint density at radius 1 is 1.25 bits per heavy atom. The van der Waals surface area contributed by atoms with Gasteiger partial charge >= 0.3 is 0 Å². The number of nitrogens with one attached hydrogen (secondary N) is 1. The number of likely N-dealkylation sites (tertiary alicyclic amines) is 1. The summed E-state index contributed by atoms with van der Waals surface area (Å²) in [5.41, 5.74) is 0. The smallest absolute Gasteiger partial charge is 0.220 e. The first-order chi connectivity index (χ1) is 9.78. The van der Waals surface area contributed by atoms with Gasteiger partial charge in [0.1, 0.15) is 0 Å². The average molecular weight is 280 g/mol. The number of hydrogen-bond donors (Lipinski definition) is 1. The molecule has 0 atom stereocenters. The first-order valence-electron chi connectivity index (χ1n) is 7.98. The van der Waals surface area contributed by atoms with Crippen LogP contribution in [-0.4, -0.2) is 49.7 Å². The van der Waals surface area contributed by atoms with Gasteiger partial charge in [-0.1, -0.05) is 6.08 Å². The van der Waals surface area contributed by atoms with Crippen molar-refractivity contribution in [2.75, 3.05) is 32.8 Å². The van der Waals surface area contributed by atoms with Crippen LogP contribution in [0.1, 0.15) is 38.5 Å². The van der Waals surface area contributed by atoms with E-state index in [0.29, 0.717) is 18.4 Å². The van der Waals surface area contributed by atoms with Crippen molar-refractivity contribution in [2.24, 2.45) is 5.92 Å². The van der Waals surface area contributed by atoms with Gasteiger partial charge < -0.3 is 15.0 Å². The van der Waals surface area contributed by atoms with Crippen molar-refractivity contribution < 1.29 is 9.53 Å². The first kappa shape index (κ1) is 15.5. The topological polar surface area (TPSA) is 41.6 Å². The third-order valence-electron chi connectivity index (χ3n) is 4.42. The van der Waals surface area contributed by atoms with Gasteiger partial charge in [0.2, 0.25) is 5.91 Å². The second kappa shape index (κ2) is 8.42. The summed E-state index contributed by atoms with van der Waals surface area (Å²) in [6, 6.07) is 0.337. The molecule has 0 aliphatic carbocycles. The molecule has 0 aromatic rings. The van der Waals surface area contributed by atoms with Crippen molar-refractivity contribution in [1.29, 1.82) is 0 Å². The third kappa shape index (κ3) is 5.25. The molecule has 4 heteroatoms. The molecule has 0 spiro atoms. The highest BCUT2D eigenvalue weighted by Crippen LogP contribution is 2.21. The quantitative estimate of drug-likeness (QED) is 0.756. The van der Waals surface area contributed by atoms with Gasteiger partial charge in [0.25, 0.3) is 0 Å². The van der Waals surface area contributed by atoms with Crippen LogP contribution in [0.25, 0.3) is 0 Å². The third-order valence-corrected chi connectivity index (χ3v) is 4.42. The number of carbonyl (C=O) groups excluding carboxylic acids is 1. The zero-order valence-corrected chi connectivity index (χ0v) is 12.5. The summed E-state index contributed by atoms with van der Waals surface area (Å²) in [5, 5.41) is 3.17. The van der Waals surface area contributed by atoms with Crippen molar-refractivity contribution >= 4 is 5.91 Å². The lowest BCUT2D eigenvalue weighted by Crippen LogP contribution is -2.41. The molecular weight excluding hydrogens is 252 g/mol. The minimum Gasteiger partial charge on any atom is -0.381 e. The van der Waals surface area contributed by atoms with Gasteiger partial charge in [0.05, 0.1) is 0 Å². The van der Waals surface area contributed by atoms with Crippen LogP contribution in [0.2, 0.25) is 0 Å². The molecule has 0 unspecified atom stereocenters. The summed E-state index contributed by atoms with van der Waals surface area (Å²) in [5.74, 6) is 0.802. The summed E-state index contributed by atoms with van der Waals surface area (Å²) in [7, 11) is 0. The highest BCUT2D eigenvalue weighted by molar-refractivity contribution is 5.76. The number of nitrogens with zero attached hydrogens (tertiary/aromatic N) is 1. The summed E-state index contributed by atoms with van der Waals surface area (Å²) in [6.45, 7) is 8.71. The molecule has 2 aliphatic heterocycles. The molecule has 114 valence electrons. The molecule has 0 aromatic heterocycles. The highest BCUT2D eigenvalue weighted by Gasteiger charge is 2.22. The SMILES string of the molecule is C=CCCN1CCC(CC(=O)NC2CCOCC2)CC1. The molecule has 0 radical (unpaired) electrons. The van der Waals surface area contributed by atoms with E-state index in [2.05, 4.69) is 16.8 Å². The Labute approximate surface area is 122 Å². The summed E-state index contributed by atoms with van der Waals surface area (Å²) in [4.78, 5) is 14.5. The van der Waals surface area contributed by atoms with E-state index in [0.717, 1.165) is 65.0 Å². The lowest BCUT2D eigenvalue weighted by atomic mass is 9.93. The van der Waals surface area contributed by atoms with Crippen LogP contribution in [-0.2, 0) is 9.53 Å². The lowest BCUT2D eigenvalue weighted by molar-refractivity contribution is -0.123. The second-order valence-electron chi connectivity index (χ2n) is 6.02. The van der Waals surface area contributed by atoms with Crippen molar-refractivity contribution in [2.45, 2.75) is 44.6 Å². The van der Waals surface area contributed by atoms with Gasteiger partial charge in [-0.05, 0) is 51.1 Å².